The summed E-state index contributed by atoms with van der Waals surface area (Å²) >= 11 is 3.60. The van der Waals surface area contributed by atoms with Crippen molar-refractivity contribution in [2.24, 2.45) is 5.92 Å². The molecule has 14 nitrogen and oxygen atoms in total. The zero-order valence-electron chi connectivity index (χ0n) is 43.2. The van der Waals surface area contributed by atoms with Gasteiger partial charge in [-0.3, -0.25) is 19.4 Å². The highest BCUT2D eigenvalue weighted by Gasteiger charge is 2.23. The van der Waals surface area contributed by atoms with E-state index in [4.69, 9.17) is 33.8 Å². The van der Waals surface area contributed by atoms with Crippen LogP contribution in [0.3, 0.4) is 0 Å². The molecule has 10 rings (SSSR count). The van der Waals surface area contributed by atoms with Crippen molar-refractivity contribution in [2.45, 2.75) is 57.8 Å². The number of hydrogen-bond donors (Lipinski definition) is 1. The van der Waals surface area contributed by atoms with Crippen LogP contribution in [0.2, 0.25) is 0 Å². The van der Waals surface area contributed by atoms with Gasteiger partial charge in [0.2, 0.25) is 18.6 Å². The minimum atomic E-state index is -0.836. The number of aliphatic carboxylic acids is 1. The minimum Gasteiger partial charge on any atom is -0.494 e. The molecular weight excluding hydrogens is 997 g/mol. The van der Waals surface area contributed by atoms with Gasteiger partial charge in [-0.2, -0.15) is 0 Å². The number of thiophene rings is 2. The molecule has 0 amide bonds. The largest absolute Gasteiger partial charge is 0.494 e. The van der Waals surface area contributed by atoms with Crippen molar-refractivity contribution in [2.75, 3.05) is 102 Å². The van der Waals surface area contributed by atoms with Crippen LogP contribution in [0.4, 0.5) is 11.4 Å². The molecule has 0 aliphatic carbocycles. The number of hydrogen-bond acceptors (Lipinski definition) is 15. The van der Waals surface area contributed by atoms with Crippen molar-refractivity contribution in [3.63, 3.8) is 0 Å². The first kappa shape index (κ1) is 52.7. The van der Waals surface area contributed by atoms with Gasteiger partial charge in [-0.15, -0.1) is 22.7 Å². The second kappa shape index (κ2) is 26.4. The molecule has 1 atom stereocenters. The van der Waals surface area contributed by atoms with Crippen LogP contribution in [-0.2, 0) is 14.3 Å². The zero-order valence-corrected chi connectivity index (χ0v) is 44.8. The minimum absolute atomic E-state index is 0.0356. The van der Waals surface area contributed by atoms with Crippen LogP contribution in [0, 0.1) is 5.92 Å². The number of carboxylic acids is 1. The van der Waals surface area contributed by atoms with Gasteiger partial charge < -0.3 is 38.6 Å². The number of carbonyl (C=O) groups is 2. The Bertz CT molecular complexity index is 3170. The zero-order chi connectivity index (χ0) is 51.9. The van der Waals surface area contributed by atoms with Crippen molar-refractivity contribution in [1.82, 2.24) is 19.8 Å². The number of nitrogens with zero attached hydrogens (tertiary/aromatic N) is 6. The normalized spacial score (nSPS) is 14.9. The van der Waals surface area contributed by atoms with Crippen LogP contribution in [0.25, 0.3) is 42.0 Å². The van der Waals surface area contributed by atoms with E-state index in [1.807, 2.05) is 48.5 Å². The molecule has 4 aromatic carbocycles. The number of benzene rings is 4. The quantitative estimate of drug-likeness (QED) is 0.0297. The molecule has 76 heavy (non-hydrogen) atoms. The second-order valence-electron chi connectivity index (χ2n) is 19.7. The smallest absolute Gasteiger partial charge is 0.315 e. The van der Waals surface area contributed by atoms with Gasteiger partial charge in [-0.05, 0) is 135 Å². The molecule has 16 heteroatoms. The molecule has 0 bridgehead atoms. The van der Waals surface area contributed by atoms with Crippen LogP contribution in [0.5, 0.6) is 23.3 Å². The number of pyridine rings is 2. The number of esters is 1. The van der Waals surface area contributed by atoms with E-state index in [1.54, 1.807) is 34.8 Å². The Morgan fingerprint density at radius 1 is 0.553 bits per heavy atom. The summed E-state index contributed by atoms with van der Waals surface area (Å²) in [5, 5.41) is 18.1. The lowest BCUT2D eigenvalue weighted by atomic mass is 10.0. The Morgan fingerprint density at radius 3 is 1.62 bits per heavy atom. The van der Waals surface area contributed by atoms with E-state index in [0.29, 0.717) is 56.2 Å². The second-order valence-corrected chi connectivity index (χ2v) is 21.6. The maximum Gasteiger partial charge on any atom is 0.315 e. The Hall–Kier alpha value is -6.72. The number of fused-ring (bicyclic) bond motifs is 4. The summed E-state index contributed by atoms with van der Waals surface area (Å²) in [5.74, 6) is 0.254. The van der Waals surface area contributed by atoms with Gasteiger partial charge in [-0.1, -0.05) is 25.0 Å². The number of carbonyl (C=O) groups excluding carboxylic acids is 1. The van der Waals surface area contributed by atoms with Crippen LogP contribution in [-0.4, -0.2) is 129 Å². The maximum atomic E-state index is 13.6. The van der Waals surface area contributed by atoms with Gasteiger partial charge in [-0.25, -0.2) is 9.97 Å². The lowest BCUT2D eigenvalue weighted by molar-refractivity contribution is -0.156. The Kier molecular flexibility index (Phi) is 18.3. The number of rotatable bonds is 27. The SMILES string of the molecule is O=C(O)CCCCCC(COc1ccc2ccc(OCCCCN3CCN(c4cccc5sccc45)CC3)cc2n1)C(=O)OCOc1ccc2ccc(OCCCCN3CCN(c4cccc5sccc45)CC3)cc2n1. The Morgan fingerprint density at radius 2 is 1.08 bits per heavy atom. The predicted molar refractivity (Wildman–Crippen MR) is 305 cm³/mol. The summed E-state index contributed by atoms with van der Waals surface area (Å²) in [6.45, 7) is 11.4. The summed E-state index contributed by atoms with van der Waals surface area (Å²) in [6.07, 6.45) is 6.38. The highest BCUT2D eigenvalue weighted by Crippen LogP contribution is 2.33. The summed E-state index contributed by atoms with van der Waals surface area (Å²) in [6, 6.07) is 36.9. The molecule has 0 radical (unpaired) electrons. The third kappa shape index (κ3) is 14.2. The summed E-state index contributed by atoms with van der Waals surface area (Å²) < 4.78 is 32.7. The van der Waals surface area contributed by atoms with E-state index in [2.05, 4.69) is 83.9 Å². The summed E-state index contributed by atoms with van der Waals surface area (Å²) in [7, 11) is 0. The number of piperazine rings is 2. The molecule has 398 valence electrons. The molecule has 1 N–H and O–H groups in total. The van der Waals surface area contributed by atoms with Crippen molar-refractivity contribution < 1.29 is 38.4 Å². The average Bonchev–Trinajstić information content (AvgIpc) is 4.15. The van der Waals surface area contributed by atoms with E-state index >= 15 is 0 Å². The standard InChI is InChI=1S/C60H68N6O8S2/c67-59(68)15-3-1-2-10-46(42-72-57-22-18-44-16-20-47(40-51(44)61-57)70-36-6-4-26-63-28-32-65(33-29-63)53-11-8-13-55-49(53)24-38-75-55)60(69)74-43-73-58-23-19-45-17-21-48(41-52(45)62-58)71-37-7-5-27-64-30-34-66(35-31-64)54-12-9-14-56-50(54)25-39-76-56/h8-9,11-14,16-25,38-41,46H,1-7,10,15,26-37,42-43H2,(H,67,68). The van der Waals surface area contributed by atoms with Crippen LogP contribution in [0.15, 0.2) is 120 Å². The van der Waals surface area contributed by atoms with Gasteiger partial charge in [0.15, 0.2) is 0 Å². The van der Waals surface area contributed by atoms with E-state index < -0.39 is 17.9 Å². The van der Waals surface area contributed by atoms with Gasteiger partial charge in [0.1, 0.15) is 18.1 Å². The van der Waals surface area contributed by atoms with E-state index in [-0.39, 0.29) is 19.8 Å². The fourth-order valence-electron chi connectivity index (χ4n) is 10.2. The molecule has 6 heterocycles. The fraction of sp³-hybridized carbons (Fsp3) is 0.400. The molecular formula is C60H68N6O8S2. The van der Waals surface area contributed by atoms with Crippen molar-refractivity contribution in [3.8, 4) is 23.3 Å². The lowest BCUT2D eigenvalue weighted by Crippen LogP contribution is -2.46. The molecule has 1 unspecified atom stereocenters. The van der Waals surface area contributed by atoms with Crippen molar-refractivity contribution in [1.29, 1.82) is 0 Å². The average molecular weight is 1070 g/mol. The van der Waals surface area contributed by atoms with Gasteiger partial charge in [0.05, 0.1) is 30.2 Å². The number of anilines is 2. The molecule has 0 spiro atoms. The first-order valence-corrected chi connectivity index (χ1v) is 28.7. The predicted octanol–water partition coefficient (Wildman–Crippen LogP) is 11.8. The van der Waals surface area contributed by atoms with Gasteiger partial charge in [0, 0.05) is 125 Å². The third-order valence-corrected chi connectivity index (χ3v) is 16.3. The highest BCUT2D eigenvalue weighted by molar-refractivity contribution is 7.17. The van der Waals surface area contributed by atoms with Crippen molar-refractivity contribution >= 4 is 88.0 Å². The summed E-state index contributed by atoms with van der Waals surface area (Å²) in [5.41, 5.74) is 4.14. The van der Waals surface area contributed by atoms with Crippen LogP contribution in [0.1, 0.15) is 57.8 Å². The lowest BCUT2D eigenvalue weighted by Gasteiger charge is -2.36. The van der Waals surface area contributed by atoms with E-state index in [1.165, 1.54) is 31.5 Å². The number of ether oxygens (including phenoxy) is 5. The number of aromatic nitrogens is 2. The monoisotopic (exact) mass is 1060 g/mol. The molecule has 2 saturated heterocycles. The molecule has 4 aromatic heterocycles. The topological polar surface area (TPSA) is 139 Å². The van der Waals surface area contributed by atoms with Gasteiger partial charge >= 0.3 is 11.9 Å². The number of carboxylic acid groups (broad SMARTS) is 1. The van der Waals surface area contributed by atoms with Crippen LogP contribution < -0.4 is 28.7 Å². The molecule has 2 fully saturated rings. The van der Waals surface area contributed by atoms with Crippen molar-refractivity contribution in [3.05, 3.63) is 120 Å². The van der Waals surface area contributed by atoms with Crippen LogP contribution >= 0.6 is 22.7 Å². The fourth-order valence-corrected chi connectivity index (χ4v) is 11.9. The first-order valence-electron chi connectivity index (χ1n) is 27.0. The molecule has 0 saturated carbocycles. The molecule has 2 aliphatic rings. The number of unbranched alkanes of at least 4 members (excludes halogenated alkanes) is 4. The van der Waals surface area contributed by atoms with E-state index in [0.717, 1.165) is 119 Å². The highest BCUT2D eigenvalue weighted by atomic mass is 32.1. The Balaban J connectivity index is 0.645. The summed E-state index contributed by atoms with van der Waals surface area (Å²) in [4.78, 5) is 44.3. The maximum absolute atomic E-state index is 13.6. The Labute approximate surface area is 452 Å². The van der Waals surface area contributed by atoms with Gasteiger partial charge in [0.25, 0.3) is 0 Å². The third-order valence-electron chi connectivity index (χ3n) is 14.5. The molecule has 2 aliphatic heterocycles. The first-order chi connectivity index (χ1) is 37.4. The van der Waals surface area contributed by atoms with E-state index in [9.17, 15) is 9.59 Å². The molecule has 8 aromatic rings.